The fourth-order valence-electron chi connectivity index (χ4n) is 3.14. The summed E-state index contributed by atoms with van der Waals surface area (Å²) in [5.41, 5.74) is 5.91. The third-order valence-corrected chi connectivity index (χ3v) is 4.23. The maximum Gasteiger partial charge on any atom is 0.224 e. The smallest absolute Gasteiger partial charge is 0.224 e. The molecule has 0 saturated heterocycles. The maximum absolute atomic E-state index is 11.9. The Hall–Kier alpha value is -0.610. The first-order chi connectivity index (χ1) is 8.16. The number of rotatable bonds is 3. The third-order valence-electron chi connectivity index (χ3n) is 4.23. The van der Waals surface area contributed by atoms with Crippen molar-refractivity contribution in [2.75, 3.05) is 6.54 Å². The first kappa shape index (κ1) is 12.8. The summed E-state index contributed by atoms with van der Waals surface area (Å²) in [6.45, 7) is 0.707. The molecule has 98 valence electrons. The predicted octanol–water partition coefficient (Wildman–Crippen LogP) is 0.781. The molecule has 2 fully saturated rings. The molecule has 2 aliphatic rings. The van der Waals surface area contributed by atoms with Gasteiger partial charge in [0.1, 0.15) is 0 Å². The Balaban J connectivity index is 1.72. The van der Waals surface area contributed by atoms with Gasteiger partial charge in [-0.1, -0.05) is 12.8 Å². The highest BCUT2D eigenvalue weighted by Crippen LogP contribution is 2.25. The van der Waals surface area contributed by atoms with Crippen LogP contribution < -0.4 is 11.1 Å². The molecule has 4 atom stereocenters. The van der Waals surface area contributed by atoms with Crippen LogP contribution in [0.4, 0.5) is 0 Å². The van der Waals surface area contributed by atoms with E-state index in [9.17, 15) is 9.90 Å². The molecule has 2 rings (SSSR count). The molecule has 4 heteroatoms. The number of hydrogen-bond acceptors (Lipinski definition) is 3. The van der Waals surface area contributed by atoms with Crippen molar-refractivity contribution in [1.82, 2.24) is 5.32 Å². The van der Waals surface area contributed by atoms with Crippen LogP contribution >= 0.6 is 0 Å². The molecule has 1 amide bonds. The molecule has 4 N–H and O–H groups in total. The van der Waals surface area contributed by atoms with Crippen LogP contribution in [-0.4, -0.2) is 29.7 Å². The molecular weight excluding hydrogens is 216 g/mol. The van der Waals surface area contributed by atoms with E-state index in [1.54, 1.807) is 0 Å². The summed E-state index contributed by atoms with van der Waals surface area (Å²) in [6.07, 6.45) is 6.75. The first-order valence-electron chi connectivity index (χ1n) is 6.88. The first-order valence-corrected chi connectivity index (χ1v) is 6.88. The lowest BCUT2D eigenvalue weighted by molar-refractivity contribution is -0.125. The van der Waals surface area contributed by atoms with Gasteiger partial charge in [-0.05, 0) is 38.0 Å². The normalized spacial score (nSPS) is 38.0. The minimum Gasteiger partial charge on any atom is -0.393 e. The largest absolute Gasteiger partial charge is 0.393 e. The lowest BCUT2D eigenvalue weighted by Gasteiger charge is -2.26. The lowest BCUT2D eigenvalue weighted by Crippen LogP contribution is -2.41. The van der Waals surface area contributed by atoms with Gasteiger partial charge in [0, 0.05) is 12.6 Å². The van der Waals surface area contributed by atoms with Gasteiger partial charge in [-0.25, -0.2) is 0 Å². The summed E-state index contributed by atoms with van der Waals surface area (Å²) in [7, 11) is 0. The molecule has 0 aromatic rings. The summed E-state index contributed by atoms with van der Waals surface area (Å²) < 4.78 is 0. The molecule has 2 saturated carbocycles. The zero-order chi connectivity index (χ0) is 12.3. The Kier molecular flexibility index (Phi) is 4.40. The number of aliphatic hydroxyl groups excluding tert-OH is 1. The number of nitrogens with two attached hydrogens (primary N) is 1. The van der Waals surface area contributed by atoms with Crippen molar-refractivity contribution >= 4 is 5.91 Å². The number of amides is 1. The van der Waals surface area contributed by atoms with Gasteiger partial charge in [0.2, 0.25) is 5.91 Å². The van der Waals surface area contributed by atoms with Gasteiger partial charge >= 0.3 is 0 Å². The summed E-state index contributed by atoms with van der Waals surface area (Å²) in [6, 6.07) is 0.0481. The van der Waals surface area contributed by atoms with Crippen LogP contribution in [0.1, 0.15) is 44.9 Å². The van der Waals surface area contributed by atoms with Crippen molar-refractivity contribution in [2.45, 2.75) is 57.1 Å². The molecule has 0 bridgehead atoms. The minimum atomic E-state index is -0.167. The van der Waals surface area contributed by atoms with Gasteiger partial charge in [-0.2, -0.15) is 0 Å². The van der Waals surface area contributed by atoms with Gasteiger partial charge in [-0.15, -0.1) is 0 Å². The van der Waals surface area contributed by atoms with Crippen molar-refractivity contribution < 1.29 is 9.90 Å². The van der Waals surface area contributed by atoms with E-state index < -0.39 is 0 Å². The van der Waals surface area contributed by atoms with Crippen molar-refractivity contribution in [3.8, 4) is 0 Å². The van der Waals surface area contributed by atoms with E-state index in [1.807, 2.05) is 0 Å². The molecule has 0 heterocycles. The van der Waals surface area contributed by atoms with E-state index in [1.165, 1.54) is 0 Å². The van der Waals surface area contributed by atoms with E-state index in [2.05, 4.69) is 5.32 Å². The third kappa shape index (κ3) is 3.42. The van der Waals surface area contributed by atoms with Crippen molar-refractivity contribution in [3.63, 3.8) is 0 Å². The van der Waals surface area contributed by atoms with Crippen molar-refractivity contribution in [2.24, 2.45) is 17.6 Å². The second kappa shape index (κ2) is 5.83. The Morgan fingerprint density at radius 2 is 2.00 bits per heavy atom. The highest BCUT2D eigenvalue weighted by atomic mass is 16.3. The molecule has 0 spiro atoms. The monoisotopic (exact) mass is 240 g/mol. The molecular formula is C13H24N2O2. The zero-order valence-electron chi connectivity index (χ0n) is 10.4. The van der Waals surface area contributed by atoms with E-state index in [0.717, 1.165) is 44.9 Å². The number of nitrogens with one attached hydrogen (secondary N) is 1. The summed E-state index contributed by atoms with van der Waals surface area (Å²) >= 11 is 0. The average molecular weight is 240 g/mol. The number of aliphatic hydroxyl groups is 1. The van der Waals surface area contributed by atoms with Crippen LogP contribution in [0.5, 0.6) is 0 Å². The molecule has 0 aromatic carbocycles. The van der Waals surface area contributed by atoms with Gasteiger partial charge in [0.15, 0.2) is 0 Å². The van der Waals surface area contributed by atoms with Crippen LogP contribution in [0.25, 0.3) is 0 Å². The Bertz CT molecular complexity index is 270. The Morgan fingerprint density at radius 3 is 2.65 bits per heavy atom. The van der Waals surface area contributed by atoms with Gasteiger partial charge in [0.25, 0.3) is 0 Å². The molecule has 0 radical (unpaired) electrons. The van der Waals surface area contributed by atoms with Crippen LogP contribution in [0.2, 0.25) is 0 Å². The van der Waals surface area contributed by atoms with Gasteiger partial charge in [-0.3, -0.25) is 4.79 Å². The average Bonchev–Trinajstić information content (AvgIpc) is 2.72. The highest BCUT2D eigenvalue weighted by Gasteiger charge is 2.30. The predicted molar refractivity (Wildman–Crippen MR) is 66.3 cm³/mol. The molecule has 2 aliphatic carbocycles. The van der Waals surface area contributed by atoms with E-state index >= 15 is 0 Å². The van der Waals surface area contributed by atoms with Crippen molar-refractivity contribution in [3.05, 3.63) is 0 Å². The SMILES string of the molecule is NC1CCCC1C(=O)NCC1CCCC(O)C1. The van der Waals surface area contributed by atoms with Crippen LogP contribution in [0.15, 0.2) is 0 Å². The fourth-order valence-corrected chi connectivity index (χ4v) is 3.14. The fraction of sp³-hybridized carbons (Fsp3) is 0.923. The summed E-state index contributed by atoms with van der Waals surface area (Å²) in [5, 5.41) is 12.6. The summed E-state index contributed by atoms with van der Waals surface area (Å²) in [5.74, 6) is 0.582. The minimum absolute atomic E-state index is 0.0171. The molecule has 4 unspecified atom stereocenters. The topological polar surface area (TPSA) is 75.4 Å². The lowest BCUT2D eigenvalue weighted by atomic mass is 9.87. The molecule has 17 heavy (non-hydrogen) atoms. The number of carbonyl (C=O) groups is 1. The van der Waals surface area contributed by atoms with Crippen LogP contribution in [-0.2, 0) is 4.79 Å². The molecule has 4 nitrogen and oxygen atoms in total. The van der Waals surface area contributed by atoms with Gasteiger partial charge < -0.3 is 16.2 Å². The summed E-state index contributed by atoms with van der Waals surface area (Å²) in [4.78, 5) is 11.9. The quantitative estimate of drug-likeness (QED) is 0.682. The standard InChI is InChI=1S/C13H24N2O2/c14-12-6-2-5-11(12)13(17)15-8-9-3-1-4-10(16)7-9/h9-12,16H,1-8,14H2,(H,15,17). The van der Waals surface area contributed by atoms with E-state index in [-0.39, 0.29) is 24.0 Å². The Morgan fingerprint density at radius 1 is 1.24 bits per heavy atom. The molecule has 0 aromatic heterocycles. The number of carbonyl (C=O) groups excluding carboxylic acids is 1. The van der Waals surface area contributed by atoms with Gasteiger partial charge in [0.05, 0.1) is 12.0 Å². The van der Waals surface area contributed by atoms with Crippen LogP contribution in [0.3, 0.4) is 0 Å². The van der Waals surface area contributed by atoms with Crippen molar-refractivity contribution in [1.29, 1.82) is 0 Å². The second-order valence-electron chi connectivity index (χ2n) is 5.63. The van der Waals surface area contributed by atoms with Crippen LogP contribution in [0, 0.1) is 11.8 Å². The second-order valence-corrected chi connectivity index (χ2v) is 5.63. The number of hydrogen-bond donors (Lipinski definition) is 3. The van der Waals surface area contributed by atoms with E-state index in [4.69, 9.17) is 5.73 Å². The highest BCUT2D eigenvalue weighted by molar-refractivity contribution is 5.79. The van der Waals surface area contributed by atoms with E-state index in [0.29, 0.717) is 12.5 Å². The zero-order valence-corrected chi connectivity index (χ0v) is 10.4. The Labute approximate surface area is 103 Å². The molecule has 0 aliphatic heterocycles. The maximum atomic E-state index is 11.9.